The van der Waals surface area contributed by atoms with Crippen molar-refractivity contribution >= 4 is 41.7 Å². The van der Waals surface area contributed by atoms with Crippen LogP contribution in [0, 0.1) is 6.42 Å². The Hall–Kier alpha value is -0.170. The number of alkyl halides is 9. The maximum atomic E-state index is 13.6. The molecule has 139 valence electrons. The fourth-order valence-electron chi connectivity index (χ4n) is 1.56. The molecule has 2 unspecified atom stereocenters. The summed E-state index contributed by atoms with van der Waals surface area (Å²) in [4.78, 5) is -1.59. The molecule has 1 rings (SSSR count). The van der Waals surface area contributed by atoms with Crippen molar-refractivity contribution in [3.63, 3.8) is 0 Å². The van der Waals surface area contributed by atoms with Crippen molar-refractivity contribution in [2.75, 3.05) is 0 Å². The molecule has 24 heavy (non-hydrogen) atoms. The number of allylic oxidation sites excluding steroid dienone is 3. The lowest BCUT2D eigenvalue weighted by molar-refractivity contribution is -0.331. The van der Waals surface area contributed by atoms with Crippen LogP contribution in [0.5, 0.6) is 0 Å². The molecule has 0 amide bonds. The summed E-state index contributed by atoms with van der Waals surface area (Å²) in [6.07, 6.45) is -7.10. The Labute approximate surface area is 148 Å². The quantitative estimate of drug-likeness (QED) is 0.388. The fraction of sp³-hybridized carbons (Fsp3) is 0.545. The van der Waals surface area contributed by atoms with Gasteiger partial charge in [0.25, 0.3) is 0 Å². The minimum Gasteiger partial charge on any atom is -0.246 e. The van der Waals surface area contributed by atoms with Crippen LogP contribution in [-0.4, -0.2) is 36.3 Å². The van der Waals surface area contributed by atoms with Gasteiger partial charge in [0.1, 0.15) is 6.17 Å². The highest BCUT2D eigenvalue weighted by molar-refractivity contribution is 9.12. The molecule has 0 spiro atoms. The third-order valence-electron chi connectivity index (χ3n) is 2.98. The molecular weight excluding hydrogens is 508 g/mol. The molecule has 0 aromatic carbocycles. The molecule has 0 aromatic rings. The van der Waals surface area contributed by atoms with Gasteiger partial charge in [-0.05, 0) is 19.1 Å². The monoisotopic (exact) mass is 513 g/mol. The van der Waals surface area contributed by atoms with Gasteiger partial charge in [-0.2, -0.15) is 30.7 Å². The summed E-state index contributed by atoms with van der Waals surface area (Å²) in [7, 11) is -6.51. The van der Waals surface area contributed by atoms with E-state index in [2.05, 4.69) is 31.9 Å². The van der Waals surface area contributed by atoms with E-state index in [0.29, 0.717) is 6.08 Å². The first kappa shape index (κ1) is 21.9. The predicted octanol–water partition coefficient (Wildman–Crippen LogP) is 5.06. The molecule has 1 aliphatic carbocycles. The van der Waals surface area contributed by atoms with Crippen LogP contribution in [0.2, 0.25) is 0 Å². The Morgan fingerprint density at radius 2 is 1.58 bits per heavy atom. The lowest BCUT2D eigenvalue weighted by Gasteiger charge is -2.32. The minimum atomic E-state index is -6.85. The Morgan fingerprint density at radius 3 is 1.96 bits per heavy atom. The number of halogens is 10. The second-order valence-corrected chi connectivity index (χ2v) is 9.04. The van der Waals surface area contributed by atoms with Gasteiger partial charge in [0, 0.05) is 10.9 Å². The lowest BCUT2D eigenvalue weighted by atomic mass is 9.96. The van der Waals surface area contributed by atoms with Gasteiger partial charge in [-0.1, -0.05) is 31.9 Å². The predicted molar refractivity (Wildman–Crippen MR) is 76.5 cm³/mol. The molecule has 2 nitrogen and oxygen atoms in total. The number of hydrogen-bond acceptors (Lipinski definition) is 2. The number of sulfone groups is 1. The van der Waals surface area contributed by atoms with Gasteiger partial charge in [0.05, 0.1) is 9.23 Å². The third kappa shape index (κ3) is 3.39. The summed E-state index contributed by atoms with van der Waals surface area (Å²) in [5, 5.41) is -6.50. The van der Waals surface area contributed by atoms with Gasteiger partial charge in [-0.25, -0.2) is 12.8 Å². The average Bonchev–Trinajstić information content (AvgIpc) is 2.35. The van der Waals surface area contributed by atoms with Crippen LogP contribution < -0.4 is 0 Å². The van der Waals surface area contributed by atoms with Gasteiger partial charge in [-0.15, -0.1) is 0 Å². The highest BCUT2D eigenvalue weighted by Gasteiger charge is 2.79. The van der Waals surface area contributed by atoms with Crippen LogP contribution in [0.1, 0.15) is 6.92 Å². The van der Waals surface area contributed by atoms with Crippen LogP contribution in [0.4, 0.5) is 35.1 Å². The van der Waals surface area contributed by atoms with Crippen molar-refractivity contribution in [3.8, 4) is 0 Å². The Morgan fingerprint density at radius 1 is 1.12 bits per heavy atom. The van der Waals surface area contributed by atoms with E-state index in [0.717, 1.165) is 13.3 Å². The highest BCUT2D eigenvalue weighted by Crippen LogP contribution is 2.52. The van der Waals surface area contributed by atoms with Crippen molar-refractivity contribution in [3.05, 3.63) is 28.0 Å². The van der Waals surface area contributed by atoms with Crippen LogP contribution in [0.15, 0.2) is 21.5 Å². The van der Waals surface area contributed by atoms with Gasteiger partial charge < -0.3 is 0 Å². The van der Waals surface area contributed by atoms with Crippen molar-refractivity contribution < 1.29 is 43.5 Å². The molecule has 1 aliphatic rings. The summed E-state index contributed by atoms with van der Waals surface area (Å²) in [6.45, 7) is 0.889. The molecule has 1 radical (unpaired) electrons. The Balaban J connectivity index is 3.57. The average molecular weight is 515 g/mol. The van der Waals surface area contributed by atoms with Crippen LogP contribution in [-0.2, 0) is 9.84 Å². The highest BCUT2D eigenvalue weighted by atomic mass is 79.9. The van der Waals surface area contributed by atoms with Gasteiger partial charge >= 0.3 is 17.4 Å². The third-order valence-corrected chi connectivity index (χ3v) is 6.32. The summed E-state index contributed by atoms with van der Waals surface area (Å²) in [5.41, 5.74) is 0. The summed E-state index contributed by atoms with van der Waals surface area (Å²) in [5.74, 6) is -6.85. The fourth-order valence-corrected chi connectivity index (χ4v) is 4.67. The molecule has 0 saturated heterocycles. The number of rotatable bonds is 4. The first-order chi connectivity index (χ1) is 10.4. The van der Waals surface area contributed by atoms with Crippen molar-refractivity contribution in [2.24, 2.45) is 0 Å². The Bertz CT molecular complexity index is 681. The van der Waals surface area contributed by atoms with Crippen LogP contribution >= 0.6 is 31.9 Å². The van der Waals surface area contributed by atoms with Gasteiger partial charge in [-0.3, -0.25) is 0 Å². The van der Waals surface area contributed by atoms with Gasteiger partial charge in [0.15, 0.2) is 0 Å². The smallest absolute Gasteiger partial charge is 0.246 e. The van der Waals surface area contributed by atoms with E-state index < -0.39 is 42.6 Å². The topological polar surface area (TPSA) is 34.1 Å². The van der Waals surface area contributed by atoms with Crippen molar-refractivity contribution in [2.45, 2.75) is 34.8 Å². The molecule has 0 aliphatic heterocycles. The van der Waals surface area contributed by atoms with E-state index in [4.69, 9.17) is 0 Å². The molecule has 13 heteroatoms. The molecular formula is C11H7Br2F8O2S. The van der Waals surface area contributed by atoms with E-state index in [1.54, 1.807) is 0 Å². The second-order valence-electron chi connectivity index (χ2n) is 4.76. The molecule has 0 saturated carbocycles. The molecule has 0 fully saturated rings. The molecule has 0 heterocycles. The summed E-state index contributed by atoms with van der Waals surface area (Å²) < 4.78 is 124. The lowest BCUT2D eigenvalue weighted by Crippen LogP contribution is -2.56. The zero-order valence-electron chi connectivity index (χ0n) is 11.3. The SMILES string of the molecule is CC(F)C1(Br)[CH]C(Br)=CC(S(=O)(=O)C(F)(F)C(F)(F)C(F)(F)F)=C1. The zero-order valence-corrected chi connectivity index (χ0v) is 15.3. The second kappa shape index (κ2) is 6.22. The number of hydrogen-bond donors (Lipinski definition) is 0. The maximum Gasteiger partial charge on any atom is 0.461 e. The van der Waals surface area contributed by atoms with E-state index in [1.807, 2.05) is 0 Å². The van der Waals surface area contributed by atoms with Crippen LogP contribution in [0.3, 0.4) is 0 Å². The van der Waals surface area contributed by atoms with Crippen molar-refractivity contribution in [1.29, 1.82) is 0 Å². The maximum absolute atomic E-state index is 13.6. The summed E-state index contributed by atoms with van der Waals surface area (Å²) >= 11 is 5.36. The first-order valence-corrected chi connectivity index (χ1v) is 8.83. The molecule has 2 atom stereocenters. The van der Waals surface area contributed by atoms with E-state index in [9.17, 15) is 43.5 Å². The van der Waals surface area contributed by atoms with E-state index in [-0.39, 0.29) is 10.6 Å². The summed E-state index contributed by atoms with van der Waals surface area (Å²) in [6, 6.07) is 0. The van der Waals surface area contributed by atoms with Crippen molar-refractivity contribution in [1.82, 2.24) is 0 Å². The minimum absolute atomic E-state index is 0.290. The molecule has 0 aromatic heterocycles. The van der Waals surface area contributed by atoms with Crippen LogP contribution in [0.25, 0.3) is 0 Å². The molecule has 0 N–H and O–H groups in total. The zero-order chi connectivity index (χ0) is 19.4. The van der Waals surface area contributed by atoms with E-state index in [1.165, 1.54) is 0 Å². The first-order valence-electron chi connectivity index (χ1n) is 5.76. The van der Waals surface area contributed by atoms with E-state index >= 15 is 0 Å². The molecule has 0 bridgehead atoms. The standard InChI is InChI=1S/C11H7Br2F8O2S/c1-5(14)8(13)3-6(12)2-7(4-8)24(22,23)11(20,21)9(15,16)10(17,18)19/h2-5H,1H3. The van der Waals surface area contributed by atoms with Gasteiger partial charge in [0.2, 0.25) is 9.84 Å². The largest absolute Gasteiger partial charge is 0.461 e. The normalized spacial score (nSPS) is 25.1. The Kier molecular flexibility index (Phi) is 5.67.